The second-order valence-electron chi connectivity index (χ2n) is 3.22. The van der Waals surface area contributed by atoms with E-state index in [1.165, 1.54) is 18.3 Å². The van der Waals surface area contributed by atoms with E-state index in [1.54, 1.807) is 6.07 Å². The molecule has 0 aliphatic carbocycles. The van der Waals surface area contributed by atoms with E-state index in [2.05, 4.69) is 10.2 Å². The second-order valence-corrected chi connectivity index (χ2v) is 3.22. The average Bonchev–Trinajstić information content (AvgIpc) is 2.35. The van der Waals surface area contributed by atoms with Gasteiger partial charge in [0.25, 0.3) is 0 Å². The fourth-order valence-corrected chi connectivity index (χ4v) is 1.25. The molecule has 0 unspecified atom stereocenters. The van der Waals surface area contributed by atoms with Crippen molar-refractivity contribution in [2.24, 2.45) is 5.73 Å². The zero-order valence-electron chi connectivity index (χ0n) is 8.73. The standard InChI is InChI=1S/C11H9F2N3O/c12-8-2-1-3-9(10(8)13)17-11-7(6-14)4-5-15-16-11/h1-5H,6,14H2. The lowest BCUT2D eigenvalue weighted by Crippen LogP contribution is -2.03. The van der Waals surface area contributed by atoms with Gasteiger partial charge in [-0.15, -0.1) is 5.10 Å². The van der Waals surface area contributed by atoms with Crippen molar-refractivity contribution in [3.63, 3.8) is 0 Å². The van der Waals surface area contributed by atoms with E-state index >= 15 is 0 Å². The molecular weight excluding hydrogens is 228 g/mol. The molecule has 0 atom stereocenters. The van der Waals surface area contributed by atoms with E-state index in [9.17, 15) is 8.78 Å². The van der Waals surface area contributed by atoms with Gasteiger partial charge in [0.1, 0.15) is 0 Å². The van der Waals surface area contributed by atoms with Gasteiger partial charge in [-0.1, -0.05) is 6.07 Å². The summed E-state index contributed by atoms with van der Waals surface area (Å²) >= 11 is 0. The van der Waals surface area contributed by atoms with E-state index < -0.39 is 11.6 Å². The van der Waals surface area contributed by atoms with Crippen LogP contribution in [0.4, 0.5) is 8.78 Å². The van der Waals surface area contributed by atoms with Crippen LogP contribution in [0.25, 0.3) is 0 Å². The molecule has 2 N–H and O–H groups in total. The van der Waals surface area contributed by atoms with Gasteiger partial charge < -0.3 is 10.5 Å². The molecular formula is C11H9F2N3O. The van der Waals surface area contributed by atoms with Gasteiger partial charge in [0.15, 0.2) is 11.6 Å². The van der Waals surface area contributed by atoms with E-state index in [4.69, 9.17) is 10.5 Å². The summed E-state index contributed by atoms with van der Waals surface area (Å²) in [6.45, 7) is 0.168. The molecule has 0 saturated heterocycles. The molecule has 0 spiro atoms. The van der Waals surface area contributed by atoms with Crippen LogP contribution >= 0.6 is 0 Å². The van der Waals surface area contributed by atoms with Gasteiger partial charge in [-0.3, -0.25) is 0 Å². The number of benzene rings is 1. The summed E-state index contributed by atoms with van der Waals surface area (Å²) in [6, 6.07) is 5.24. The van der Waals surface area contributed by atoms with Crippen molar-refractivity contribution in [2.45, 2.75) is 6.54 Å². The van der Waals surface area contributed by atoms with Crippen LogP contribution < -0.4 is 10.5 Å². The summed E-state index contributed by atoms with van der Waals surface area (Å²) in [6.07, 6.45) is 1.44. The van der Waals surface area contributed by atoms with Crippen LogP contribution in [0.3, 0.4) is 0 Å². The topological polar surface area (TPSA) is 61.0 Å². The van der Waals surface area contributed by atoms with Crippen LogP contribution in [0.15, 0.2) is 30.5 Å². The van der Waals surface area contributed by atoms with Crippen LogP contribution in [0, 0.1) is 11.6 Å². The Hall–Kier alpha value is -2.08. The van der Waals surface area contributed by atoms with E-state index in [0.717, 1.165) is 6.07 Å². The summed E-state index contributed by atoms with van der Waals surface area (Å²) in [7, 11) is 0. The Bertz CT molecular complexity index is 534. The largest absolute Gasteiger partial charge is 0.434 e. The minimum Gasteiger partial charge on any atom is -0.434 e. The first-order valence-corrected chi connectivity index (χ1v) is 4.85. The Morgan fingerprint density at radius 2 is 2.06 bits per heavy atom. The number of ether oxygens (including phenoxy) is 1. The Kier molecular flexibility index (Phi) is 3.24. The van der Waals surface area contributed by atoms with Crippen molar-refractivity contribution in [2.75, 3.05) is 0 Å². The normalized spacial score (nSPS) is 10.3. The van der Waals surface area contributed by atoms with Crippen molar-refractivity contribution in [3.05, 3.63) is 47.7 Å². The first-order valence-electron chi connectivity index (χ1n) is 4.85. The molecule has 88 valence electrons. The lowest BCUT2D eigenvalue weighted by atomic mass is 10.3. The average molecular weight is 237 g/mol. The molecule has 4 nitrogen and oxygen atoms in total. The molecule has 2 rings (SSSR count). The SMILES string of the molecule is NCc1ccnnc1Oc1cccc(F)c1F. The highest BCUT2D eigenvalue weighted by Crippen LogP contribution is 2.25. The van der Waals surface area contributed by atoms with E-state index in [1.807, 2.05) is 0 Å². The molecule has 1 aromatic carbocycles. The maximum absolute atomic E-state index is 13.3. The molecule has 17 heavy (non-hydrogen) atoms. The Labute approximate surface area is 96.0 Å². The molecule has 2 aromatic rings. The van der Waals surface area contributed by atoms with E-state index in [0.29, 0.717) is 5.56 Å². The van der Waals surface area contributed by atoms with Gasteiger partial charge in [-0.05, 0) is 18.2 Å². The third kappa shape index (κ3) is 2.36. The minimum atomic E-state index is -1.07. The second kappa shape index (κ2) is 4.84. The predicted molar refractivity (Wildman–Crippen MR) is 56.4 cm³/mol. The lowest BCUT2D eigenvalue weighted by Gasteiger charge is -2.08. The molecule has 1 heterocycles. The first kappa shape index (κ1) is 11.4. The van der Waals surface area contributed by atoms with Crippen LogP contribution in [0.5, 0.6) is 11.6 Å². The van der Waals surface area contributed by atoms with Crippen LogP contribution in [-0.2, 0) is 6.54 Å². The van der Waals surface area contributed by atoms with Gasteiger partial charge in [0, 0.05) is 12.1 Å². The number of hydrogen-bond acceptors (Lipinski definition) is 4. The summed E-state index contributed by atoms with van der Waals surface area (Å²) in [5.74, 6) is -2.23. The number of nitrogens with two attached hydrogens (primary N) is 1. The Morgan fingerprint density at radius 3 is 2.82 bits per heavy atom. The minimum absolute atomic E-state index is 0.0690. The maximum atomic E-state index is 13.3. The van der Waals surface area contributed by atoms with Gasteiger partial charge in [0.2, 0.25) is 11.7 Å². The smallest absolute Gasteiger partial charge is 0.243 e. The molecule has 1 aromatic heterocycles. The quantitative estimate of drug-likeness (QED) is 0.886. The number of rotatable bonds is 3. The summed E-state index contributed by atoms with van der Waals surface area (Å²) in [5.41, 5.74) is 6.02. The molecule has 0 fully saturated rings. The van der Waals surface area contributed by atoms with Gasteiger partial charge in [-0.2, -0.15) is 9.49 Å². The van der Waals surface area contributed by atoms with Crippen molar-refractivity contribution in [3.8, 4) is 11.6 Å². The van der Waals surface area contributed by atoms with Gasteiger partial charge >= 0.3 is 0 Å². The Morgan fingerprint density at radius 1 is 1.24 bits per heavy atom. The van der Waals surface area contributed by atoms with Crippen molar-refractivity contribution in [1.82, 2.24) is 10.2 Å². The molecule has 6 heteroatoms. The molecule has 0 amide bonds. The lowest BCUT2D eigenvalue weighted by molar-refractivity contribution is 0.397. The first-order chi connectivity index (χ1) is 8.22. The summed E-state index contributed by atoms with van der Waals surface area (Å²) in [4.78, 5) is 0. The van der Waals surface area contributed by atoms with Gasteiger partial charge in [-0.25, -0.2) is 4.39 Å². The number of halogens is 2. The summed E-state index contributed by atoms with van der Waals surface area (Å²) in [5, 5.41) is 7.27. The third-order valence-electron chi connectivity index (χ3n) is 2.11. The van der Waals surface area contributed by atoms with Crippen molar-refractivity contribution < 1.29 is 13.5 Å². The number of hydrogen-bond donors (Lipinski definition) is 1. The molecule has 0 aliphatic heterocycles. The molecule has 0 bridgehead atoms. The van der Waals surface area contributed by atoms with Crippen LogP contribution in [0.2, 0.25) is 0 Å². The van der Waals surface area contributed by atoms with E-state index in [-0.39, 0.29) is 18.2 Å². The fraction of sp³-hybridized carbons (Fsp3) is 0.0909. The third-order valence-corrected chi connectivity index (χ3v) is 2.11. The monoisotopic (exact) mass is 237 g/mol. The van der Waals surface area contributed by atoms with Crippen molar-refractivity contribution in [1.29, 1.82) is 0 Å². The highest BCUT2D eigenvalue weighted by atomic mass is 19.2. The number of aromatic nitrogens is 2. The number of nitrogens with zero attached hydrogens (tertiary/aromatic N) is 2. The Balaban J connectivity index is 2.35. The molecule has 0 saturated carbocycles. The van der Waals surface area contributed by atoms with Crippen molar-refractivity contribution >= 4 is 0 Å². The van der Waals surface area contributed by atoms with Crippen LogP contribution in [0.1, 0.15) is 5.56 Å². The highest BCUT2D eigenvalue weighted by molar-refractivity contribution is 5.32. The zero-order chi connectivity index (χ0) is 12.3. The predicted octanol–water partition coefficient (Wildman–Crippen LogP) is 2.01. The molecule has 0 radical (unpaired) electrons. The van der Waals surface area contributed by atoms with Gasteiger partial charge in [0.05, 0.1) is 6.20 Å². The van der Waals surface area contributed by atoms with Crippen LogP contribution in [-0.4, -0.2) is 10.2 Å². The highest BCUT2D eigenvalue weighted by Gasteiger charge is 2.12. The fourth-order valence-electron chi connectivity index (χ4n) is 1.25. The zero-order valence-corrected chi connectivity index (χ0v) is 8.73. The molecule has 0 aliphatic rings. The maximum Gasteiger partial charge on any atom is 0.243 e. The summed E-state index contributed by atoms with van der Waals surface area (Å²) < 4.78 is 31.4.